The Morgan fingerprint density at radius 1 is 0.389 bits per heavy atom. The molecule has 4 N–H and O–H groups in total. The maximum absolute atomic E-state index is 13.7. The average molecular weight is 787 g/mol. The van der Waals surface area contributed by atoms with Gasteiger partial charge in [0.05, 0.1) is 50.8 Å². The summed E-state index contributed by atoms with van der Waals surface area (Å²) in [5.74, 6) is -1.15. The lowest BCUT2D eigenvalue weighted by atomic mass is 10.2. The van der Waals surface area contributed by atoms with Crippen molar-refractivity contribution in [2.24, 2.45) is 0 Å². The van der Waals surface area contributed by atoms with Gasteiger partial charge in [-0.1, -0.05) is 132 Å². The Morgan fingerprint density at radius 3 is 0.963 bits per heavy atom. The maximum atomic E-state index is 13.7. The van der Waals surface area contributed by atoms with Gasteiger partial charge in [0.25, 0.3) is 23.6 Å². The van der Waals surface area contributed by atoms with Crippen molar-refractivity contribution in [3.8, 4) is 11.5 Å². The number of para-hydroxylation sites is 4. The molecule has 4 amide bonds. The van der Waals surface area contributed by atoms with E-state index >= 15 is 0 Å². The van der Waals surface area contributed by atoms with Gasteiger partial charge in [0, 0.05) is 0 Å². The molecule has 5 aromatic carbocycles. The van der Waals surface area contributed by atoms with Gasteiger partial charge < -0.3 is 30.7 Å². The third-order valence-corrected chi connectivity index (χ3v) is 13.8. The van der Waals surface area contributed by atoms with Gasteiger partial charge in [0.2, 0.25) is 0 Å². The Hall–Kier alpha value is -5.54. The van der Waals surface area contributed by atoms with Gasteiger partial charge >= 0.3 is 0 Å². The fraction of sp³-hybridized carbons (Fsp3) is 0.0500. The van der Waals surface area contributed by atoms with Crippen LogP contribution in [0.2, 0.25) is 0 Å². The third-order valence-electron chi connectivity index (χ3n) is 8.63. The Morgan fingerprint density at radius 2 is 0.667 bits per heavy atom. The van der Waals surface area contributed by atoms with Crippen LogP contribution >= 0.6 is 47.0 Å². The normalized spacial score (nSPS) is 15.9. The van der Waals surface area contributed by atoms with Crippen molar-refractivity contribution in [1.29, 1.82) is 0 Å². The number of hydrogen-bond acceptors (Lipinski definition) is 10. The first-order valence-electron chi connectivity index (χ1n) is 16.6. The van der Waals surface area contributed by atoms with Crippen LogP contribution in [0.3, 0.4) is 0 Å². The lowest BCUT2D eigenvalue weighted by Gasteiger charge is -2.18. The maximum Gasteiger partial charge on any atom is 0.263 e. The summed E-state index contributed by atoms with van der Waals surface area (Å²) in [6.45, 7) is 0.426. The van der Waals surface area contributed by atoms with Crippen LogP contribution in [-0.4, -0.2) is 23.6 Å². The van der Waals surface area contributed by atoms with E-state index in [9.17, 15) is 19.2 Å². The van der Waals surface area contributed by atoms with Gasteiger partial charge in [0.1, 0.15) is 35.9 Å². The highest BCUT2D eigenvalue weighted by molar-refractivity contribution is 8.26. The summed E-state index contributed by atoms with van der Waals surface area (Å²) in [7, 11) is 0. The summed E-state index contributed by atoms with van der Waals surface area (Å²) in [6, 6.07) is 33.4. The molecule has 0 unspecified atom stereocenters. The zero-order valence-corrected chi connectivity index (χ0v) is 31.2. The molecule has 0 atom stereocenters. The predicted molar refractivity (Wildman–Crippen MR) is 213 cm³/mol. The van der Waals surface area contributed by atoms with E-state index in [2.05, 4.69) is 21.3 Å². The number of nitrogens with one attached hydrogen (secondary N) is 4. The average Bonchev–Trinajstić information content (AvgIpc) is 3.74. The number of fused-ring (bicyclic) bond motifs is 4. The lowest BCUT2D eigenvalue weighted by molar-refractivity contribution is -0.119. The van der Waals surface area contributed by atoms with Gasteiger partial charge in [0.15, 0.2) is 0 Å². The van der Waals surface area contributed by atoms with Crippen molar-refractivity contribution in [3.63, 3.8) is 0 Å². The van der Waals surface area contributed by atoms with Crippen molar-refractivity contribution < 1.29 is 28.7 Å². The zero-order valence-electron chi connectivity index (χ0n) is 27.9. The van der Waals surface area contributed by atoms with Gasteiger partial charge in [-0.2, -0.15) is 0 Å². The van der Waals surface area contributed by atoms with E-state index in [-0.39, 0.29) is 24.4 Å². The minimum Gasteiger partial charge on any atom is -0.486 e. The van der Waals surface area contributed by atoms with E-state index in [1.807, 2.05) is 60.7 Å². The smallest absolute Gasteiger partial charge is 0.263 e. The van der Waals surface area contributed by atoms with Crippen molar-refractivity contribution in [1.82, 2.24) is 0 Å². The number of carbonyl (C=O) groups is 4. The Labute approximate surface area is 325 Å². The molecule has 4 aliphatic rings. The number of hydrogen-bond donors (Lipinski definition) is 4. The highest BCUT2D eigenvalue weighted by Crippen LogP contribution is 2.68. The molecule has 14 heteroatoms. The summed E-state index contributed by atoms with van der Waals surface area (Å²) >= 11 is 5.01. The van der Waals surface area contributed by atoms with Crippen LogP contribution in [0.1, 0.15) is 11.1 Å². The topological polar surface area (TPSA) is 135 Å². The summed E-state index contributed by atoms with van der Waals surface area (Å²) in [5, 5.41) is 11.5. The molecule has 5 aromatic rings. The molecule has 4 aliphatic heterocycles. The van der Waals surface area contributed by atoms with Crippen LogP contribution in [0.5, 0.6) is 11.5 Å². The number of rotatable bonds is 6. The molecule has 54 heavy (non-hydrogen) atoms. The molecule has 266 valence electrons. The first-order valence-corrected chi connectivity index (χ1v) is 19.9. The second kappa shape index (κ2) is 14.4. The van der Waals surface area contributed by atoms with Crippen molar-refractivity contribution >= 4 is 93.4 Å². The van der Waals surface area contributed by atoms with Crippen molar-refractivity contribution in [3.05, 3.63) is 140 Å². The van der Waals surface area contributed by atoms with Gasteiger partial charge in [-0.15, -0.1) is 0 Å². The van der Waals surface area contributed by atoms with Crippen LogP contribution < -0.4 is 30.7 Å². The van der Waals surface area contributed by atoms with Crippen LogP contribution in [0.4, 0.5) is 22.7 Å². The van der Waals surface area contributed by atoms with Crippen molar-refractivity contribution in [2.45, 2.75) is 32.8 Å². The standard InChI is InChI=1S/C40H26N4O6S4/c45-35-27(36(46)42-24-16-8-7-15-23(24)41-35)39-51-31-29(49-19-21-11-3-1-4-12-21)32-34(30(33(31)53-39)50-20-22-13-5-2-6-14-22)54-40(52-32)28-37(47)43-25-17-9-10-18-26(25)44-38(28)48/h1-18H,19-20H2,(H,41,45)(H,42,46)(H,43,47)(H,44,48). The van der Waals surface area contributed by atoms with Gasteiger partial charge in [-0.25, -0.2) is 0 Å². The molecule has 10 nitrogen and oxygen atoms in total. The molecule has 0 aromatic heterocycles. The number of anilines is 4. The lowest BCUT2D eigenvalue weighted by Crippen LogP contribution is -2.22. The molecule has 0 saturated carbocycles. The Bertz CT molecular complexity index is 2200. The zero-order chi connectivity index (χ0) is 36.8. The summed E-state index contributed by atoms with van der Waals surface area (Å²) < 4.78 is 14.2. The second-order valence-corrected chi connectivity index (χ2v) is 16.8. The number of benzene rings is 5. The number of ether oxygens (including phenoxy) is 2. The molecule has 0 spiro atoms. The minimum atomic E-state index is -0.534. The quantitative estimate of drug-likeness (QED) is 0.0977. The molecule has 0 fully saturated rings. The predicted octanol–water partition coefficient (Wildman–Crippen LogP) is 8.85. The molecule has 0 saturated heterocycles. The first-order chi connectivity index (χ1) is 26.4. The summed E-state index contributed by atoms with van der Waals surface area (Å²) in [5.41, 5.74) is 3.78. The third kappa shape index (κ3) is 6.40. The number of carbonyl (C=O) groups excluding carboxylic acids is 4. The minimum absolute atomic E-state index is 0.0324. The molecule has 0 bridgehead atoms. The van der Waals surface area contributed by atoms with E-state index in [0.29, 0.717) is 62.3 Å². The largest absolute Gasteiger partial charge is 0.486 e. The van der Waals surface area contributed by atoms with E-state index < -0.39 is 23.6 Å². The number of thioether (sulfide) groups is 4. The summed E-state index contributed by atoms with van der Waals surface area (Å²) in [6.07, 6.45) is 0. The molecule has 0 aliphatic carbocycles. The molecular weight excluding hydrogens is 761 g/mol. The molecule has 9 rings (SSSR count). The highest BCUT2D eigenvalue weighted by atomic mass is 32.2. The van der Waals surface area contributed by atoms with Gasteiger partial charge in [-0.3, -0.25) is 19.2 Å². The van der Waals surface area contributed by atoms with Crippen LogP contribution in [-0.2, 0) is 32.4 Å². The van der Waals surface area contributed by atoms with Crippen LogP contribution in [0, 0.1) is 0 Å². The Kier molecular flexibility index (Phi) is 9.11. The monoisotopic (exact) mass is 786 g/mol. The van der Waals surface area contributed by atoms with Crippen molar-refractivity contribution in [2.75, 3.05) is 21.3 Å². The van der Waals surface area contributed by atoms with Crippen LogP contribution in [0.15, 0.2) is 148 Å². The molecule has 4 heterocycles. The fourth-order valence-electron chi connectivity index (χ4n) is 6.05. The first kappa shape index (κ1) is 34.2. The molecule has 0 radical (unpaired) electrons. The van der Waals surface area contributed by atoms with E-state index in [4.69, 9.17) is 9.47 Å². The molecular formula is C40H26N4O6S4. The van der Waals surface area contributed by atoms with Gasteiger partial charge in [-0.05, 0) is 35.4 Å². The van der Waals surface area contributed by atoms with E-state index in [1.165, 1.54) is 47.0 Å². The fourth-order valence-corrected chi connectivity index (χ4v) is 11.7. The SMILES string of the molecule is O=C1Nc2ccccc2NC(=O)C1=C1Sc2c(OCc3ccccc3)c3c(c(OCc4ccccc4)c2S1)SC(=C1C(=O)Nc2ccccc2NC1=O)S3. The second-order valence-electron chi connectivity index (χ2n) is 12.2. The van der Waals surface area contributed by atoms with E-state index in [0.717, 1.165) is 11.1 Å². The summed E-state index contributed by atoms with van der Waals surface area (Å²) in [4.78, 5) is 57.4. The van der Waals surface area contributed by atoms with E-state index in [1.54, 1.807) is 48.5 Å². The highest BCUT2D eigenvalue weighted by Gasteiger charge is 2.42. The van der Waals surface area contributed by atoms with Crippen LogP contribution in [0.25, 0.3) is 0 Å². The number of amides is 4. The Balaban J connectivity index is 1.18.